The van der Waals surface area contributed by atoms with Crippen LogP contribution >= 0.6 is 0 Å². The number of carboxylic acid groups (broad SMARTS) is 1. The summed E-state index contributed by atoms with van der Waals surface area (Å²) in [5.41, 5.74) is 0.583. The molecular formula is C19H26N2O5S. The van der Waals surface area contributed by atoms with Crippen LogP contribution < -0.4 is 4.90 Å². The van der Waals surface area contributed by atoms with E-state index in [2.05, 4.69) is 0 Å². The molecule has 0 radical (unpaired) electrons. The smallest absolute Gasteiger partial charge is 0.310 e. The molecule has 1 aromatic carbocycles. The third-order valence-corrected chi connectivity index (χ3v) is 7.89. The molecular weight excluding hydrogens is 368 g/mol. The SMILES string of the molecule is CCN(CC)S(=O)(=O)c1ccc2c(c1)CCN2C(=O)CC1(C(=O)O)CCC1. The van der Waals surface area contributed by atoms with E-state index in [9.17, 15) is 23.1 Å². The summed E-state index contributed by atoms with van der Waals surface area (Å²) in [4.78, 5) is 26.1. The molecule has 1 saturated carbocycles. The van der Waals surface area contributed by atoms with Crippen LogP contribution in [0.4, 0.5) is 5.69 Å². The van der Waals surface area contributed by atoms with Crippen LogP contribution in [0.1, 0.15) is 45.1 Å². The lowest BCUT2D eigenvalue weighted by molar-refractivity contribution is -0.157. The molecule has 0 aromatic heterocycles. The lowest BCUT2D eigenvalue weighted by Gasteiger charge is -2.38. The Morgan fingerprint density at radius 2 is 1.89 bits per heavy atom. The van der Waals surface area contributed by atoms with Crippen LogP contribution in [0.15, 0.2) is 23.1 Å². The van der Waals surface area contributed by atoms with E-state index in [0.717, 1.165) is 12.0 Å². The maximum atomic E-state index is 12.7. The van der Waals surface area contributed by atoms with Gasteiger partial charge in [0.25, 0.3) is 0 Å². The molecule has 0 bridgehead atoms. The van der Waals surface area contributed by atoms with Crippen LogP contribution in [-0.4, -0.2) is 49.3 Å². The highest BCUT2D eigenvalue weighted by Gasteiger charge is 2.47. The number of fused-ring (bicyclic) bond motifs is 1. The standard InChI is InChI=1S/C19H26N2O5S/c1-3-20(4-2)27(25,26)15-6-7-16-14(12-15)8-11-21(16)17(22)13-19(18(23)24)9-5-10-19/h6-7,12H,3-5,8-11,13H2,1-2H3,(H,23,24). The Morgan fingerprint density at radius 1 is 1.22 bits per heavy atom. The van der Waals surface area contributed by atoms with Gasteiger partial charge in [-0.25, -0.2) is 8.42 Å². The zero-order chi connectivity index (χ0) is 19.8. The number of aliphatic carboxylic acids is 1. The van der Waals surface area contributed by atoms with Gasteiger partial charge in [-0.2, -0.15) is 4.31 Å². The van der Waals surface area contributed by atoms with Gasteiger partial charge in [-0.1, -0.05) is 20.3 Å². The largest absolute Gasteiger partial charge is 0.481 e. The second kappa shape index (κ2) is 7.24. The van der Waals surface area contributed by atoms with Crippen molar-refractivity contribution in [1.82, 2.24) is 4.31 Å². The number of anilines is 1. The van der Waals surface area contributed by atoms with Crippen molar-refractivity contribution in [2.24, 2.45) is 5.41 Å². The van der Waals surface area contributed by atoms with Crippen LogP contribution in [0.25, 0.3) is 0 Å². The topological polar surface area (TPSA) is 95.0 Å². The maximum absolute atomic E-state index is 12.7. The number of amides is 1. The number of sulfonamides is 1. The highest BCUT2D eigenvalue weighted by Crippen LogP contribution is 2.45. The number of carbonyl (C=O) groups excluding carboxylic acids is 1. The Labute approximate surface area is 160 Å². The van der Waals surface area contributed by atoms with Gasteiger partial charge in [0.2, 0.25) is 15.9 Å². The van der Waals surface area contributed by atoms with Crippen molar-refractivity contribution in [3.63, 3.8) is 0 Å². The van der Waals surface area contributed by atoms with E-state index in [1.807, 2.05) is 0 Å². The first-order valence-electron chi connectivity index (χ1n) is 9.42. The van der Waals surface area contributed by atoms with Gasteiger partial charge in [0.05, 0.1) is 10.3 Å². The average Bonchev–Trinajstić information content (AvgIpc) is 3.01. The van der Waals surface area contributed by atoms with Crippen molar-refractivity contribution in [3.8, 4) is 0 Å². The molecule has 0 saturated heterocycles. The van der Waals surface area contributed by atoms with Gasteiger partial charge >= 0.3 is 5.97 Å². The van der Waals surface area contributed by atoms with Gasteiger partial charge in [0.15, 0.2) is 0 Å². The molecule has 0 spiro atoms. The Hall–Kier alpha value is -1.93. The molecule has 0 unspecified atom stereocenters. The van der Waals surface area contributed by atoms with E-state index in [0.29, 0.717) is 44.6 Å². The fraction of sp³-hybridized carbons (Fsp3) is 0.579. The van der Waals surface area contributed by atoms with Crippen molar-refractivity contribution in [3.05, 3.63) is 23.8 Å². The maximum Gasteiger partial charge on any atom is 0.310 e. The van der Waals surface area contributed by atoms with E-state index in [1.54, 1.807) is 30.9 Å². The zero-order valence-corrected chi connectivity index (χ0v) is 16.6. The second-order valence-corrected chi connectivity index (χ2v) is 9.23. The molecule has 0 atom stereocenters. The summed E-state index contributed by atoms with van der Waals surface area (Å²) in [7, 11) is -3.54. The summed E-state index contributed by atoms with van der Waals surface area (Å²) in [6.07, 6.45) is 2.48. The Morgan fingerprint density at radius 3 is 2.41 bits per heavy atom. The second-order valence-electron chi connectivity index (χ2n) is 7.29. The number of rotatable bonds is 7. The van der Waals surface area contributed by atoms with Crippen molar-refractivity contribution < 1.29 is 23.1 Å². The molecule has 1 aromatic rings. The van der Waals surface area contributed by atoms with Crippen molar-refractivity contribution in [2.75, 3.05) is 24.5 Å². The van der Waals surface area contributed by atoms with Crippen LogP contribution in [0.5, 0.6) is 0 Å². The molecule has 1 N–H and O–H groups in total. The van der Waals surface area contributed by atoms with Crippen LogP contribution in [-0.2, 0) is 26.0 Å². The number of carbonyl (C=O) groups is 2. The molecule has 3 rings (SSSR count). The predicted molar refractivity (Wildman–Crippen MR) is 101 cm³/mol. The molecule has 1 aliphatic heterocycles. The van der Waals surface area contributed by atoms with E-state index in [1.165, 1.54) is 10.4 Å². The third-order valence-electron chi connectivity index (χ3n) is 5.84. The first-order valence-corrected chi connectivity index (χ1v) is 10.9. The van der Waals surface area contributed by atoms with E-state index in [4.69, 9.17) is 0 Å². The molecule has 1 heterocycles. The van der Waals surface area contributed by atoms with Crippen LogP contribution in [0.3, 0.4) is 0 Å². The minimum atomic E-state index is -3.54. The molecule has 1 aliphatic carbocycles. The highest BCUT2D eigenvalue weighted by molar-refractivity contribution is 7.89. The Kier molecular flexibility index (Phi) is 5.31. The third kappa shape index (κ3) is 3.36. The monoisotopic (exact) mass is 394 g/mol. The van der Waals surface area contributed by atoms with Gasteiger partial charge in [-0.15, -0.1) is 0 Å². The van der Waals surface area contributed by atoms with E-state index in [-0.39, 0.29) is 17.2 Å². The Balaban J connectivity index is 1.82. The van der Waals surface area contributed by atoms with Gasteiger partial charge in [-0.3, -0.25) is 9.59 Å². The predicted octanol–water partition coefficient (Wildman–Crippen LogP) is 2.25. The van der Waals surface area contributed by atoms with Crippen LogP contribution in [0.2, 0.25) is 0 Å². The zero-order valence-electron chi connectivity index (χ0n) is 15.8. The van der Waals surface area contributed by atoms with Gasteiger partial charge in [-0.05, 0) is 43.0 Å². The number of hydrogen-bond donors (Lipinski definition) is 1. The first kappa shape index (κ1) is 19.8. The molecule has 27 heavy (non-hydrogen) atoms. The minimum Gasteiger partial charge on any atom is -0.481 e. The highest BCUT2D eigenvalue weighted by atomic mass is 32.2. The minimum absolute atomic E-state index is 0.00126. The normalized spacial score (nSPS) is 18.3. The number of hydrogen-bond acceptors (Lipinski definition) is 4. The summed E-state index contributed by atoms with van der Waals surface area (Å²) in [5.74, 6) is -1.10. The molecule has 1 fully saturated rings. The molecule has 8 heteroatoms. The van der Waals surface area contributed by atoms with Crippen molar-refractivity contribution in [1.29, 1.82) is 0 Å². The first-order chi connectivity index (χ1) is 12.7. The number of nitrogens with zero attached hydrogens (tertiary/aromatic N) is 2. The lowest BCUT2D eigenvalue weighted by Crippen LogP contribution is -2.43. The molecule has 7 nitrogen and oxygen atoms in total. The van der Waals surface area contributed by atoms with E-state index < -0.39 is 21.4 Å². The number of benzene rings is 1. The quantitative estimate of drug-likeness (QED) is 0.765. The summed E-state index contributed by atoms with van der Waals surface area (Å²) < 4.78 is 26.8. The van der Waals surface area contributed by atoms with Crippen LogP contribution in [0, 0.1) is 5.41 Å². The number of carboxylic acids is 1. The Bertz CT molecular complexity index is 857. The summed E-state index contributed by atoms with van der Waals surface area (Å²) in [6.45, 7) is 4.86. The fourth-order valence-corrected chi connectivity index (χ4v) is 5.47. The molecule has 1 amide bonds. The van der Waals surface area contributed by atoms with Crippen molar-refractivity contribution in [2.45, 2.75) is 50.8 Å². The summed E-state index contributed by atoms with van der Waals surface area (Å²) >= 11 is 0. The van der Waals surface area contributed by atoms with Gasteiger partial charge in [0, 0.05) is 31.7 Å². The molecule has 2 aliphatic rings. The summed E-state index contributed by atoms with van der Waals surface area (Å²) in [5, 5.41) is 9.45. The van der Waals surface area contributed by atoms with Gasteiger partial charge in [0.1, 0.15) is 0 Å². The summed E-state index contributed by atoms with van der Waals surface area (Å²) in [6, 6.07) is 4.85. The van der Waals surface area contributed by atoms with E-state index >= 15 is 0 Å². The van der Waals surface area contributed by atoms with Crippen molar-refractivity contribution >= 4 is 27.6 Å². The van der Waals surface area contributed by atoms with Gasteiger partial charge < -0.3 is 10.0 Å². The average molecular weight is 394 g/mol. The molecule has 148 valence electrons. The lowest BCUT2D eigenvalue weighted by atomic mass is 9.66. The fourth-order valence-electron chi connectivity index (χ4n) is 3.96.